The zero-order chi connectivity index (χ0) is 21.7. The Morgan fingerprint density at radius 1 is 1.17 bits per heavy atom. The molecule has 0 bridgehead atoms. The Hall–Kier alpha value is -2.93. The van der Waals surface area contributed by atoms with Gasteiger partial charge in [-0.3, -0.25) is 29.4 Å². The number of aromatic nitrogens is 1. The molecule has 1 unspecified atom stereocenters. The lowest BCUT2D eigenvalue weighted by atomic mass is 9.93. The zero-order valence-corrected chi connectivity index (χ0v) is 17.7. The molecule has 0 aliphatic carbocycles. The molecule has 1 aliphatic heterocycles. The van der Waals surface area contributed by atoms with E-state index in [1.807, 2.05) is 38.1 Å². The van der Waals surface area contributed by atoms with Gasteiger partial charge in [0.1, 0.15) is 0 Å². The second kappa shape index (κ2) is 9.71. The number of nitrogens with two attached hydrogens (primary N) is 1. The number of nitrogens with zero attached hydrogens (tertiary/aromatic N) is 2. The quantitative estimate of drug-likeness (QED) is 0.654. The fourth-order valence-electron chi connectivity index (χ4n) is 4.14. The second-order valence-electron chi connectivity index (χ2n) is 8.10. The number of carbonyl (C=O) groups excluding carboxylic acids is 3. The molecule has 1 aromatic heterocycles. The molecule has 30 heavy (non-hydrogen) atoms. The lowest BCUT2D eigenvalue weighted by molar-refractivity contribution is -0.118. The van der Waals surface area contributed by atoms with Crippen LogP contribution in [0.1, 0.15) is 57.8 Å². The van der Waals surface area contributed by atoms with Crippen LogP contribution in [-0.4, -0.2) is 46.8 Å². The topological polar surface area (TPSA) is 97.4 Å². The van der Waals surface area contributed by atoms with E-state index in [-0.39, 0.29) is 17.6 Å². The van der Waals surface area contributed by atoms with E-state index in [1.165, 1.54) is 0 Å². The molecule has 7 nitrogen and oxygen atoms in total. The standard InChI is InChI=1S/C23H30N4O3/c1-16-13-20(17(2)27(16)25-23(30)19-8-4-3-5-9-19)21(28)15-26-12-6-7-18(14-26)10-11-22(24)29/h3-5,8-9,13,18H,6-7,10-12,14-15H2,1-2H3,(H2,24,29)(H,25,30). The van der Waals surface area contributed by atoms with E-state index in [9.17, 15) is 14.4 Å². The summed E-state index contributed by atoms with van der Waals surface area (Å²) in [7, 11) is 0. The van der Waals surface area contributed by atoms with Crippen molar-refractivity contribution >= 4 is 17.6 Å². The fraction of sp³-hybridized carbons (Fsp3) is 0.435. The number of likely N-dealkylation sites (tertiary alicyclic amines) is 1. The SMILES string of the molecule is Cc1cc(C(=O)CN2CCCC(CCC(N)=O)C2)c(C)n1NC(=O)c1ccccc1. The number of primary amides is 1. The summed E-state index contributed by atoms with van der Waals surface area (Å²) in [5.74, 6) is -0.0478. The Bertz CT molecular complexity index is 920. The molecule has 2 amide bonds. The molecule has 0 radical (unpaired) electrons. The Morgan fingerprint density at radius 2 is 1.90 bits per heavy atom. The number of amides is 2. The van der Waals surface area contributed by atoms with Crippen molar-refractivity contribution in [3.63, 3.8) is 0 Å². The van der Waals surface area contributed by atoms with Gasteiger partial charge < -0.3 is 5.73 Å². The summed E-state index contributed by atoms with van der Waals surface area (Å²) in [6.07, 6.45) is 3.26. The van der Waals surface area contributed by atoms with Crippen LogP contribution < -0.4 is 11.2 Å². The van der Waals surface area contributed by atoms with E-state index < -0.39 is 0 Å². The fourth-order valence-corrected chi connectivity index (χ4v) is 4.14. The van der Waals surface area contributed by atoms with Gasteiger partial charge in [-0.05, 0) is 63.8 Å². The van der Waals surface area contributed by atoms with Crippen LogP contribution in [0, 0.1) is 19.8 Å². The van der Waals surface area contributed by atoms with Gasteiger partial charge >= 0.3 is 0 Å². The van der Waals surface area contributed by atoms with Crippen molar-refractivity contribution in [3.8, 4) is 0 Å². The van der Waals surface area contributed by atoms with Gasteiger partial charge in [-0.1, -0.05) is 18.2 Å². The largest absolute Gasteiger partial charge is 0.370 e. The molecule has 1 aromatic carbocycles. The van der Waals surface area contributed by atoms with Crippen molar-refractivity contribution in [2.24, 2.45) is 11.7 Å². The molecule has 2 heterocycles. The number of rotatable bonds is 8. The number of ketones is 1. The Morgan fingerprint density at radius 3 is 2.60 bits per heavy atom. The lowest BCUT2D eigenvalue weighted by Gasteiger charge is -2.32. The van der Waals surface area contributed by atoms with Gasteiger partial charge in [-0.2, -0.15) is 0 Å². The third-order valence-corrected chi connectivity index (χ3v) is 5.75. The first kappa shape index (κ1) is 21.8. The van der Waals surface area contributed by atoms with Gasteiger partial charge in [-0.15, -0.1) is 0 Å². The molecule has 0 spiro atoms. The van der Waals surface area contributed by atoms with E-state index in [4.69, 9.17) is 5.73 Å². The molecular formula is C23H30N4O3. The number of benzene rings is 1. The Balaban J connectivity index is 1.64. The van der Waals surface area contributed by atoms with Gasteiger partial charge in [0.05, 0.1) is 6.54 Å². The predicted molar refractivity (Wildman–Crippen MR) is 116 cm³/mol. The smallest absolute Gasteiger partial charge is 0.270 e. The van der Waals surface area contributed by atoms with Crippen LogP contribution in [0.25, 0.3) is 0 Å². The van der Waals surface area contributed by atoms with Crippen LogP contribution in [0.5, 0.6) is 0 Å². The van der Waals surface area contributed by atoms with E-state index >= 15 is 0 Å². The molecule has 1 fully saturated rings. The van der Waals surface area contributed by atoms with Gasteiger partial charge in [-0.25, -0.2) is 0 Å². The van der Waals surface area contributed by atoms with Gasteiger partial charge in [0.25, 0.3) is 5.91 Å². The number of hydrogen-bond donors (Lipinski definition) is 2. The molecule has 0 saturated carbocycles. The highest BCUT2D eigenvalue weighted by Gasteiger charge is 2.24. The molecule has 2 aromatic rings. The number of Topliss-reactive ketones (excluding diaryl/α,β-unsaturated/α-hetero) is 1. The third kappa shape index (κ3) is 5.36. The summed E-state index contributed by atoms with van der Waals surface area (Å²) in [5.41, 5.74) is 10.9. The summed E-state index contributed by atoms with van der Waals surface area (Å²) in [6.45, 7) is 5.74. The number of nitrogens with one attached hydrogen (secondary N) is 1. The average molecular weight is 411 g/mol. The summed E-state index contributed by atoms with van der Waals surface area (Å²) in [5, 5.41) is 0. The van der Waals surface area contributed by atoms with Crippen molar-refractivity contribution in [3.05, 3.63) is 58.9 Å². The van der Waals surface area contributed by atoms with Crippen molar-refractivity contribution in [1.82, 2.24) is 9.58 Å². The van der Waals surface area contributed by atoms with Crippen LogP contribution in [0.15, 0.2) is 36.4 Å². The minimum atomic E-state index is -0.270. The Labute approximate surface area is 177 Å². The first-order valence-electron chi connectivity index (χ1n) is 10.4. The van der Waals surface area contributed by atoms with E-state index in [2.05, 4.69) is 10.3 Å². The van der Waals surface area contributed by atoms with Crippen LogP contribution in [0.3, 0.4) is 0 Å². The second-order valence-corrected chi connectivity index (χ2v) is 8.10. The summed E-state index contributed by atoms with van der Waals surface area (Å²) in [4.78, 5) is 38.7. The van der Waals surface area contributed by atoms with Crippen molar-refractivity contribution < 1.29 is 14.4 Å². The molecule has 1 atom stereocenters. The highest BCUT2D eigenvalue weighted by atomic mass is 16.2. The van der Waals surface area contributed by atoms with Gasteiger partial charge in [0.15, 0.2) is 5.78 Å². The zero-order valence-electron chi connectivity index (χ0n) is 17.7. The maximum Gasteiger partial charge on any atom is 0.270 e. The van der Waals surface area contributed by atoms with E-state index in [0.717, 1.165) is 43.7 Å². The van der Waals surface area contributed by atoms with Crippen LogP contribution in [0.4, 0.5) is 0 Å². The number of carbonyl (C=O) groups is 3. The lowest BCUT2D eigenvalue weighted by Crippen LogP contribution is -2.39. The van der Waals surface area contributed by atoms with Crippen LogP contribution in [0.2, 0.25) is 0 Å². The number of hydrogen-bond acceptors (Lipinski definition) is 4. The van der Waals surface area contributed by atoms with E-state index in [1.54, 1.807) is 16.8 Å². The Kier molecular flexibility index (Phi) is 7.05. The maximum absolute atomic E-state index is 13.0. The maximum atomic E-state index is 13.0. The number of aryl methyl sites for hydroxylation is 1. The molecule has 3 rings (SSSR count). The monoisotopic (exact) mass is 410 g/mol. The van der Waals surface area contributed by atoms with Gasteiger partial charge in [0, 0.05) is 35.5 Å². The minimum Gasteiger partial charge on any atom is -0.370 e. The number of piperidine rings is 1. The average Bonchev–Trinajstić information content (AvgIpc) is 3.01. The molecular weight excluding hydrogens is 380 g/mol. The minimum absolute atomic E-state index is 0.0406. The van der Waals surface area contributed by atoms with E-state index in [0.29, 0.717) is 30.0 Å². The summed E-state index contributed by atoms with van der Waals surface area (Å²) >= 11 is 0. The van der Waals surface area contributed by atoms with Crippen LogP contribution >= 0.6 is 0 Å². The molecule has 7 heteroatoms. The normalized spacial score (nSPS) is 16.9. The van der Waals surface area contributed by atoms with Crippen LogP contribution in [-0.2, 0) is 4.79 Å². The van der Waals surface area contributed by atoms with Crippen molar-refractivity contribution in [2.75, 3.05) is 25.1 Å². The predicted octanol–water partition coefficient (Wildman–Crippen LogP) is 2.65. The van der Waals surface area contributed by atoms with Gasteiger partial charge in [0.2, 0.25) is 5.91 Å². The first-order chi connectivity index (χ1) is 14.3. The molecule has 1 saturated heterocycles. The molecule has 160 valence electrons. The summed E-state index contributed by atoms with van der Waals surface area (Å²) < 4.78 is 1.68. The van der Waals surface area contributed by atoms with Crippen molar-refractivity contribution in [1.29, 1.82) is 0 Å². The molecule has 3 N–H and O–H groups in total. The molecule has 1 aliphatic rings. The highest BCUT2D eigenvalue weighted by molar-refractivity contribution is 6.01. The highest BCUT2D eigenvalue weighted by Crippen LogP contribution is 2.22. The summed E-state index contributed by atoms with van der Waals surface area (Å²) in [6, 6.07) is 10.8. The van der Waals surface area contributed by atoms with Crippen molar-refractivity contribution in [2.45, 2.75) is 39.5 Å². The first-order valence-corrected chi connectivity index (χ1v) is 10.4. The third-order valence-electron chi connectivity index (χ3n) is 5.75.